The fourth-order valence-corrected chi connectivity index (χ4v) is 7.00. The third kappa shape index (κ3) is 5.81. The molecule has 0 atom stereocenters. The number of carbonyl (C=O) groups excluding carboxylic acids is 1. The van der Waals surface area contributed by atoms with Gasteiger partial charge in [-0.15, -0.1) is 0 Å². The van der Waals surface area contributed by atoms with Gasteiger partial charge < -0.3 is 14.5 Å². The Hall–Kier alpha value is -6.20. The van der Waals surface area contributed by atoms with Crippen molar-refractivity contribution in [3.63, 3.8) is 0 Å². The Morgan fingerprint density at radius 2 is 1.16 bits per heavy atom. The number of fused-ring (bicyclic) bond motifs is 3. The van der Waals surface area contributed by atoms with Gasteiger partial charge in [0, 0.05) is 16.6 Å². The first-order valence-corrected chi connectivity index (χ1v) is 17.5. The van der Waals surface area contributed by atoms with Gasteiger partial charge in [-0.3, -0.25) is 0 Å². The quantitative estimate of drug-likeness (QED) is 0.165. The van der Waals surface area contributed by atoms with Gasteiger partial charge >= 0.3 is 5.97 Å². The van der Waals surface area contributed by atoms with E-state index >= 15 is 0 Å². The second-order valence-corrected chi connectivity index (χ2v) is 13.8. The highest BCUT2D eigenvalue weighted by atomic mass is 16.5. The number of para-hydroxylation sites is 6. The first kappa shape index (κ1) is 32.0. The van der Waals surface area contributed by atoms with Crippen molar-refractivity contribution in [1.29, 1.82) is 0 Å². The average Bonchev–Trinajstić information content (AvgIpc) is 3.16. The van der Waals surface area contributed by atoms with E-state index in [-0.39, 0.29) is 11.4 Å². The zero-order valence-electron chi connectivity index (χ0n) is 29.3. The molecule has 0 N–H and O–H groups in total. The van der Waals surface area contributed by atoms with Gasteiger partial charge in [-0.2, -0.15) is 0 Å². The summed E-state index contributed by atoms with van der Waals surface area (Å²) in [6, 6.07) is 52.7. The standard InChI is InChI=1S/C46H39N3O2/c1-5-51-45(50)33-24-22-32(23-25-33)38-30-37(31-26-28-34(29-27-31)46(2,3)4)36-16-13-21-43(44(36)47-38)49-41-19-11-9-17-39(41)48(35-14-7-6-8-15-35)40-18-10-12-20-42(40)49/h6-30H,5H2,1-4H3. The van der Waals surface area contributed by atoms with Crippen LogP contribution in [0.2, 0.25) is 0 Å². The van der Waals surface area contributed by atoms with Crippen molar-refractivity contribution in [2.24, 2.45) is 0 Å². The summed E-state index contributed by atoms with van der Waals surface area (Å²) in [7, 11) is 0. The molecule has 0 fully saturated rings. The molecule has 2 heterocycles. The molecule has 0 amide bonds. The average molecular weight is 666 g/mol. The van der Waals surface area contributed by atoms with Crippen LogP contribution < -0.4 is 9.80 Å². The molecule has 1 aliphatic rings. The van der Waals surface area contributed by atoms with Gasteiger partial charge in [-0.05, 0) is 89.7 Å². The van der Waals surface area contributed by atoms with Crippen molar-refractivity contribution in [3.05, 3.63) is 163 Å². The Bertz CT molecular complexity index is 2330. The Labute approximate surface area is 299 Å². The van der Waals surface area contributed by atoms with Crippen LogP contribution in [-0.4, -0.2) is 17.6 Å². The molecule has 0 spiro atoms. The molecule has 0 saturated carbocycles. The van der Waals surface area contributed by atoms with E-state index in [1.165, 1.54) is 5.56 Å². The van der Waals surface area contributed by atoms with Crippen LogP contribution in [0.1, 0.15) is 43.6 Å². The number of ether oxygens (including phenoxy) is 1. The predicted molar refractivity (Wildman–Crippen MR) is 210 cm³/mol. The van der Waals surface area contributed by atoms with Gasteiger partial charge in [0.1, 0.15) is 0 Å². The number of aromatic nitrogens is 1. The van der Waals surface area contributed by atoms with Crippen LogP contribution in [-0.2, 0) is 10.2 Å². The van der Waals surface area contributed by atoms with Crippen LogP contribution in [0.25, 0.3) is 33.3 Å². The first-order valence-electron chi connectivity index (χ1n) is 17.5. The lowest BCUT2D eigenvalue weighted by Crippen LogP contribution is -2.24. The number of hydrogen-bond acceptors (Lipinski definition) is 5. The highest BCUT2D eigenvalue weighted by molar-refractivity contribution is 6.09. The predicted octanol–water partition coefficient (Wildman–Crippen LogP) is 12.3. The summed E-state index contributed by atoms with van der Waals surface area (Å²) in [4.78, 5) is 22.6. The van der Waals surface area contributed by atoms with Crippen molar-refractivity contribution in [2.45, 2.75) is 33.1 Å². The Kier molecular flexibility index (Phi) is 8.12. The van der Waals surface area contributed by atoms with Crippen molar-refractivity contribution in [3.8, 4) is 22.4 Å². The highest BCUT2D eigenvalue weighted by Crippen LogP contribution is 2.55. The lowest BCUT2D eigenvalue weighted by atomic mass is 9.86. The summed E-state index contributed by atoms with van der Waals surface area (Å²) in [6.45, 7) is 8.86. The molecule has 1 aliphatic heterocycles. The molecule has 51 heavy (non-hydrogen) atoms. The van der Waals surface area contributed by atoms with Crippen LogP contribution in [0.5, 0.6) is 0 Å². The van der Waals surface area contributed by atoms with E-state index in [0.717, 1.165) is 67.4 Å². The molecular weight excluding hydrogens is 627 g/mol. The number of benzene rings is 6. The van der Waals surface area contributed by atoms with Crippen molar-refractivity contribution in [2.75, 3.05) is 16.4 Å². The minimum atomic E-state index is -0.329. The van der Waals surface area contributed by atoms with Crippen LogP contribution in [0, 0.1) is 0 Å². The molecule has 7 aromatic rings. The number of carbonyl (C=O) groups is 1. The van der Waals surface area contributed by atoms with Crippen LogP contribution >= 0.6 is 0 Å². The van der Waals surface area contributed by atoms with E-state index < -0.39 is 0 Å². The maximum absolute atomic E-state index is 12.5. The van der Waals surface area contributed by atoms with Crippen LogP contribution in [0.4, 0.5) is 34.1 Å². The van der Waals surface area contributed by atoms with Gasteiger partial charge in [-0.25, -0.2) is 9.78 Å². The van der Waals surface area contributed by atoms with Crippen molar-refractivity contribution in [1.82, 2.24) is 4.98 Å². The molecule has 1 aromatic heterocycles. The van der Waals surface area contributed by atoms with Gasteiger partial charge in [0.15, 0.2) is 0 Å². The van der Waals surface area contributed by atoms with Crippen LogP contribution in [0.15, 0.2) is 152 Å². The van der Waals surface area contributed by atoms with E-state index in [1.54, 1.807) is 0 Å². The molecular formula is C46H39N3O2. The number of nitrogens with zero attached hydrogens (tertiary/aromatic N) is 3. The summed E-state index contributed by atoms with van der Waals surface area (Å²) >= 11 is 0. The number of esters is 1. The van der Waals surface area contributed by atoms with E-state index in [2.05, 4.69) is 158 Å². The third-order valence-electron chi connectivity index (χ3n) is 9.55. The first-order chi connectivity index (χ1) is 24.8. The summed E-state index contributed by atoms with van der Waals surface area (Å²) < 4.78 is 5.25. The lowest BCUT2D eigenvalue weighted by molar-refractivity contribution is 0.0526. The van der Waals surface area contributed by atoms with Crippen molar-refractivity contribution >= 4 is 51.0 Å². The minimum Gasteiger partial charge on any atom is -0.462 e. The molecule has 0 bridgehead atoms. The minimum absolute atomic E-state index is 0.0422. The zero-order valence-corrected chi connectivity index (χ0v) is 29.3. The smallest absolute Gasteiger partial charge is 0.338 e. The maximum Gasteiger partial charge on any atom is 0.338 e. The Morgan fingerprint density at radius 3 is 1.75 bits per heavy atom. The number of anilines is 6. The number of hydrogen-bond donors (Lipinski definition) is 0. The summed E-state index contributed by atoms with van der Waals surface area (Å²) in [5, 5.41) is 1.06. The second kappa shape index (κ2) is 12.9. The summed E-state index contributed by atoms with van der Waals surface area (Å²) in [5.41, 5.74) is 13.1. The van der Waals surface area contributed by atoms with Crippen molar-refractivity contribution < 1.29 is 9.53 Å². The highest BCUT2D eigenvalue weighted by Gasteiger charge is 2.31. The zero-order chi connectivity index (χ0) is 35.1. The van der Waals surface area contributed by atoms with Gasteiger partial charge in [-0.1, -0.05) is 112 Å². The Morgan fingerprint density at radius 1 is 0.608 bits per heavy atom. The molecule has 250 valence electrons. The molecule has 0 radical (unpaired) electrons. The molecule has 0 unspecified atom stereocenters. The largest absolute Gasteiger partial charge is 0.462 e. The fourth-order valence-electron chi connectivity index (χ4n) is 7.00. The van der Waals surface area contributed by atoms with E-state index in [9.17, 15) is 4.79 Å². The molecule has 0 saturated heterocycles. The van der Waals surface area contributed by atoms with E-state index in [4.69, 9.17) is 9.72 Å². The van der Waals surface area contributed by atoms with E-state index in [1.807, 2.05) is 31.2 Å². The van der Waals surface area contributed by atoms with Gasteiger partial charge in [0.2, 0.25) is 0 Å². The molecule has 5 nitrogen and oxygen atoms in total. The molecule has 6 aromatic carbocycles. The third-order valence-corrected chi connectivity index (χ3v) is 9.55. The van der Waals surface area contributed by atoms with Crippen LogP contribution in [0.3, 0.4) is 0 Å². The number of rotatable bonds is 6. The molecule has 5 heteroatoms. The van der Waals surface area contributed by atoms with Gasteiger partial charge in [0.25, 0.3) is 0 Å². The second-order valence-electron chi connectivity index (χ2n) is 13.8. The topological polar surface area (TPSA) is 45.7 Å². The SMILES string of the molecule is CCOC(=O)c1ccc(-c2cc(-c3ccc(C(C)(C)C)cc3)c3cccc(N4c5ccccc5N(c5ccccc5)c5ccccc54)c3n2)cc1. The summed E-state index contributed by atoms with van der Waals surface area (Å²) in [6.07, 6.45) is 0. The molecule has 8 rings (SSSR count). The fraction of sp³-hybridized carbons (Fsp3) is 0.130. The summed E-state index contributed by atoms with van der Waals surface area (Å²) in [5.74, 6) is -0.329. The monoisotopic (exact) mass is 665 g/mol. The van der Waals surface area contributed by atoms with E-state index in [0.29, 0.717) is 12.2 Å². The molecule has 0 aliphatic carbocycles. The maximum atomic E-state index is 12.5. The number of pyridine rings is 1. The normalized spacial score (nSPS) is 12.4. The lowest BCUT2D eigenvalue weighted by Gasteiger charge is -2.40. The Balaban J connectivity index is 1.37. The van der Waals surface area contributed by atoms with Gasteiger partial charge in [0.05, 0.1) is 51.8 Å².